The summed E-state index contributed by atoms with van der Waals surface area (Å²) in [7, 11) is 0. The van der Waals surface area contributed by atoms with Gasteiger partial charge < -0.3 is 5.32 Å². The summed E-state index contributed by atoms with van der Waals surface area (Å²) in [5.74, 6) is 0. The first kappa shape index (κ1) is 12.1. The molecule has 0 saturated carbocycles. The van der Waals surface area contributed by atoms with Crippen LogP contribution in [0.15, 0.2) is 11.6 Å². The molecule has 1 aliphatic carbocycles. The van der Waals surface area contributed by atoms with Gasteiger partial charge >= 0.3 is 0 Å². The van der Waals surface area contributed by atoms with Crippen molar-refractivity contribution in [1.82, 2.24) is 5.32 Å². The third-order valence-electron chi connectivity index (χ3n) is 4.00. The van der Waals surface area contributed by atoms with Crippen molar-refractivity contribution in [3.8, 4) is 0 Å². The van der Waals surface area contributed by atoms with Gasteiger partial charge in [-0.15, -0.1) is 0 Å². The maximum atomic E-state index is 14.7. The van der Waals surface area contributed by atoms with Crippen molar-refractivity contribution in [2.75, 3.05) is 6.54 Å². The number of hydrogen-bond donors (Lipinski definition) is 1. The maximum Gasteiger partial charge on any atom is 0.130 e. The van der Waals surface area contributed by atoms with Gasteiger partial charge in [-0.2, -0.15) is 0 Å². The quantitative estimate of drug-likeness (QED) is 0.721. The van der Waals surface area contributed by atoms with Crippen LogP contribution in [-0.4, -0.2) is 18.3 Å². The molecule has 1 nitrogen and oxygen atoms in total. The van der Waals surface area contributed by atoms with Crippen molar-refractivity contribution in [2.24, 2.45) is 0 Å². The number of nitrogens with one attached hydrogen (secondary N) is 1. The molecule has 0 aromatic rings. The van der Waals surface area contributed by atoms with Gasteiger partial charge in [0.2, 0.25) is 0 Å². The second-order valence-corrected chi connectivity index (χ2v) is 5.52. The second kappa shape index (κ2) is 5.31. The fourth-order valence-electron chi connectivity index (χ4n) is 3.00. The summed E-state index contributed by atoms with van der Waals surface area (Å²) in [6.45, 7) is 2.85. The van der Waals surface area contributed by atoms with Gasteiger partial charge in [0, 0.05) is 12.5 Å². The smallest absolute Gasteiger partial charge is 0.130 e. The first-order valence-corrected chi connectivity index (χ1v) is 6.80. The summed E-state index contributed by atoms with van der Waals surface area (Å²) in [5, 5.41) is 3.45. The van der Waals surface area contributed by atoms with Crippen LogP contribution >= 0.6 is 0 Å². The lowest BCUT2D eigenvalue weighted by Gasteiger charge is -2.32. The summed E-state index contributed by atoms with van der Waals surface area (Å²) in [4.78, 5) is 0. The van der Waals surface area contributed by atoms with Crippen LogP contribution < -0.4 is 5.32 Å². The van der Waals surface area contributed by atoms with Crippen molar-refractivity contribution >= 4 is 0 Å². The lowest BCUT2D eigenvalue weighted by atomic mass is 9.82. The van der Waals surface area contributed by atoms with Gasteiger partial charge in [-0.1, -0.05) is 12.5 Å². The zero-order valence-corrected chi connectivity index (χ0v) is 10.4. The van der Waals surface area contributed by atoms with E-state index >= 15 is 0 Å². The van der Waals surface area contributed by atoms with E-state index < -0.39 is 5.67 Å². The number of hydrogen-bond acceptors (Lipinski definition) is 1. The molecule has 0 spiro atoms. The third-order valence-corrected chi connectivity index (χ3v) is 4.00. The summed E-state index contributed by atoms with van der Waals surface area (Å²) in [6.07, 6.45) is 10.9. The molecule has 1 fully saturated rings. The average Bonchev–Trinajstić information content (AvgIpc) is 2.31. The highest BCUT2D eigenvalue weighted by atomic mass is 19.1. The number of allylic oxidation sites excluding steroid dienone is 2. The first-order chi connectivity index (χ1) is 7.68. The molecule has 2 heteroatoms. The molecule has 0 aromatic carbocycles. The van der Waals surface area contributed by atoms with Gasteiger partial charge in [0.25, 0.3) is 0 Å². The Morgan fingerprint density at radius 3 is 2.88 bits per heavy atom. The molecule has 16 heavy (non-hydrogen) atoms. The molecule has 1 saturated heterocycles. The largest absolute Gasteiger partial charge is 0.314 e. The summed E-state index contributed by atoms with van der Waals surface area (Å²) < 4.78 is 14.7. The van der Waals surface area contributed by atoms with Crippen LogP contribution in [-0.2, 0) is 0 Å². The van der Waals surface area contributed by atoms with Crippen LogP contribution in [0, 0.1) is 0 Å². The van der Waals surface area contributed by atoms with Gasteiger partial charge in [0.1, 0.15) is 5.67 Å². The molecule has 0 amide bonds. The molecule has 92 valence electrons. The third kappa shape index (κ3) is 3.07. The predicted molar refractivity (Wildman–Crippen MR) is 66.3 cm³/mol. The summed E-state index contributed by atoms with van der Waals surface area (Å²) in [6, 6.07) is 0.395. The van der Waals surface area contributed by atoms with Crippen molar-refractivity contribution in [3.63, 3.8) is 0 Å². The van der Waals surface area contributed by atoms with Crippen LogP contribution in [0.25, 0.3) is 0 Å². The molecule has 0 aromatic heterocycles. The van der Waals surface area contributed by atoms with E-state index in [-0.39, 0.29) is 0 Å². The van der Waals surface area contributed by atoms with Crippen LogP contribution in [0.4, 0.5) is 4.39 Å². The average molecular weight is 225 g/mol. The van der Waals surface area contributed by atoms with Gasteiger partial charge in [-0.25, -0.2) is 4.39 Å². The zero-order valence-electron chi connectivity index (χ0n) is 10.4. The van der Waals surface area contributed by atoms with E-state index in [0.29, 0.717) is 12.5 Å². The number of halogens is 1. The van der Waals surface area contributed by atoms with E-state index in [1.807, 2.05) is 0 Å². The second-order valence-electron chi connectivity index (χ2n) is 5.52. The molecule has 2 unspecified atom stereocenters. The summed E-state index contributed by atoms with van der Waals surface area (Å²) >= 11 is 0. The maximum absolute atomic E-state index is 14.7. The molecule has 2 aliphatic rings. The highest BCUT2D eigenvalue weighted by Gasteiger charge is 2.32. The Balaban J connectivity index is 1.92. The van der Waals surface area contributed by atoms with E-state index in [1.165, 1.54) is 25.7 Å². The molecule has 0 bridgehead atoms. The fraction of sp³-hybridized carbons (Fsp3) is 0.857. The minimum atomic E-state index is -1.07. The van der Waals surface area contributed by atoms with Gasteiger partial charge in [-0.3, -0.25) is 0 Å². The standard InChI is InChI=1S/C14H24FN/c1-14(15,12-7-3-2-4-8-12)11-13-9-5-6-10-16-13/h7,13,16H,2-6,8-11H2,1H3. The SMILES string of the molecule is CC(F)(CC1CCCCN1)C1=CCCCC1. The molecule has 1 N–H and O–H groups in total. The highest BCUT2D eigenvalue weighted by molar-refractivity contribution is 5.18. The van der Waals surface area contributed by atoms with E-state index in [1.54, 1.807) is 6.92 Å². The minimum Gasteiger partial charge on any atom is -0.314 e. The highest BCUT2D eigenvalue weighted by Crippen LogP contribution is 2.34. The first-order valence-electron chi connectivity index (χ1n) is 6.80. The summed E-state index contributed by atoms with van der Waals surface area (Å²) in [5.41, 5.74) is -0.0128. The minimum absolute atomic E-state index is 0.395. The number of alkyl halides is 1. The van der Waals surface area contributed by atoms with Crippen LogP contribution in [0.3, 0.4) is 0 Å². The Hall–Kier alpha value is -0.370. The molecule has 1 heterocycles. The van der Waals surface area contributed by atoms with Crippen molar-refractivity contribution in [1.29, 1.82) is 0 Å². The Kier molecular flexibility index (Phi) is 4.01. The molecular weight excluding hydrogens is 201 g/mol. The van der Waals surface area contributed by atoms with Gasteiger partial charge in [0.05, 0.1) is 0 Å². The molecule has 2 atom stereocenters. The number of piperidine rings is 1. The Labute approximate surface area is 98.5 Å². The predicted octanol–water partition coefficient (Wildman–Crippen LogP) is 3.75. The van der Waals surface area contributed by atoms with Gasteiger partial charge in [0.15, 0.2) is 0 Å². The zero-order chi connectivity index (χ0) is 11.4. The van der Waals surface area contributed by atoms with Crippen LogP contribution in [0.1, 0.15) is 58.3 Å². The molecular formula is C14H24FN. The fourth-order valence-corrected chi connectivity index (χ4v) is 3.00. The molecule has 2 rings (SSSR count). The van der Waals surface area contributed by atoms with E-state index in [9.17, 15) is 4.39 Å². The molecule has 0 radical (unpaired) electrons. The molecule has 1 aliphatic heterocycles. The van der Waals surface area contributed by atoms with Crippen molar-refractivity contribution < 1.29 is 4.39 Å². The normalized spacial score (nSPS) is 30.6. The van der Waals surface area contributed by atoms with Crippen molar-refractivity contribution in [2.45, 2.75) is 70.0 Å². The van der Waals surface area contributed by atoms with E-state index in [4.69, 9.17) is 0 Å². The van der Waals surface area contributed by atoms with Crippen LogP contribution in [0.5, 0.6) is 0 Å². The monoisotopic (exact) mass is 225 g/mol. The lowest BCUT2D eigenvalue weighted by Crippen LogP contribution is -2.40. The van der Waals surface area contributed by atoms with Gasteiger partial charge in [-0.05, 0) is 57.6 Å². The topological polar surface area (TPSA) is 12.0 Å². The Morgan fingerprint density at radius 1 is 1.38 bits per heavy atom. The lowest BCUT2D eigenvalue weighted by molar-refractivity contribution is 0.178. The number of rotatable bonds is 3. The van der Waals surface area contributed by atoms with E-state index in [2.05, 4.69) is 11.4 Å². The van der Waals surface area contributed by atoms with Crippen molar-refractivity contribution in [3.05, 3.63) is 11.6 Å². The van der Waals surface area contributed by atoms with E-state index in [0.717, 1.165) is 31.4 Å². The van der Waals surface area contributed by atoms with Crippen LogP contribution in [0.2, 0.25) is 0 Å². The Bertz CT molecular complexity index is 251. The Morgan fingerprint density at radius 2 is 2.25 bits per heavy atom.